The van der Waals surface area contributed by atoms with Gasteiger partial charge in [0.05, 0.1) is 23.9 Å². The third-order valence-electron chi connectivity index (χ3n) is 3.91. The third kappa shape index (κ3) is 3.25. The molecule has 0 fully saturated rings. The first-order valence-electron chi connectivity index (χ1n) is 7.91. The molecule has 2 heterocycles. The van der Waals surface area contributed by atoms with Crippen molar-refractivity contribution in [2.24, 2.45) is 0 Å². The molecule has 0 unspecified atom stereocenters. The topological polar surface area (TPSA) is 63.9 Å². The van der Waals surface area contributed by atoms with Crippen molar-refractivity contribution in [2.75, 3.05) is 7.11 Å². The number of hydrogen-bond acceptors (Lipinski definition) is 5. The number of nitrogens with zero attached hydrogens (tertiary/aromatic N) is 2. The lowest BCUT2D eigenvalue weighted by atomic mass is 10.1. The van der Waals surface area contributed by atoms with Crippen LogP contribution in [0.3, 0.4) is 0 Å². The third-order valence-corrected chi connectivity index (χ3v) is 4.80. The molecule has 0 aliphatic carbocycles. The van der Waals surface area contributed by atoms with Gasteiger partial charge < -0.3 is 14.2 Å². The number of benzene rings is 2. The molecule has 126 valence electrons. The second kappa shape index (κ2) is 6.64. The first-order valence-corrected chi connectivity index (χ1v) is 8.89. The summed E-state index contributed by atoms with van der Waals surface area (Å²) in [7, 11) is 1.65. The van der Waals surface area contributed by atoms with Crippen molar-refractivity contribution in [2.45, 2.75) is 17.8 Å². The Labute approximate surface area is 149 Å². The highest BCUT2D eigenvalue weighted by Gasteiger charge is 2.12. The van der Waals surface area contributed by atoms with E-state index in [-0.39, 0.29) is 0 Å². The zero-order chi connectivity index (χ0) is 17.2. The van der Waals surface area contributed by atoms with Gasteiger partial charge in [-0.25, -0.2) is 4.98 Å². The van der Waals surface area contributed by atoms with Crippen LogP contribution in [0.5, 0.6) is 5.75 Å². The van der Waals surface area contributed by atoms with Gasteiger partial charge in [0.15, 0.2) is 5.16 Å². The lowest BCUT2D eigenvalue weighted by molar-refractivity contribution is 0.395. The van der Waals surface area contributed by atoms with Gasteiger partial charge in [0.2, 0.25) is 0 Å². The number of ether oxygens (including phenoxy) is 1. The number of aryl methyl sites for hydroxylation is 1. The Bertz CT molecular complexity index is 1020. The van der Waals surface area contributed by atoms with E-state index in [1.54, 1.807) is 18.9 Å². The number of thioether (sulfide) groups is 1. The van der Waals surface area contributed by atoms with Crippen molar-refractivity contribution in [3.63, 3.8) is 0 Å². The average molecular weight is 351 g/mol. The highest BCUT2D eigenvalue weighted by Crippen LogP contribution is 2.30. The van der Waals surface area contributed by atoms with Gasteiger partial charge in [-0.05, 0) is 36.8 Å². The fourth-order valence-electron chi connectivity index (χ4n) is 2.67. The molecule has 0 aliphatic rings. The van der Waals surface area contributed by atoms with Gasteiger partial charge in [0.25, 0.3) is 0 Å². The van der Waals surface area contributed by atoms with Gasteiger partial charge >= 0.3 is 0 Å². The quantitative estimate of drug-likeness (QED) is 0.522. The summed E-state index contributed by atoms with van der Waals surface area (Å²) in [6.07, 6.45) is 0. The Morgan fingerprint density at radius 2 is 2.04 bits per heavy atom. The molecular formula is C19H17N3O2S. The lowest BCUT2D eigenvalue weighted by Gasteiger charge is -2.03. The molecule has 5 nitrogen and oxygen atoms in total. The van der Waals surface area contributed by atoms with E-state index in [1.807, 2.05) is 36.4 Å². The number of rotatable bonds is 5. The molecule has 4 rings (SSSR count). The number of hydrogen-bond donors (Lipinski definition) is 1. The van der Waals surface area contributed by atoms with Crippen LogP contribution in [0, 0.1) is 6.92 Å². The summed E-state index contributed by atoms with van der Waals surface area (Å²) < 4.78 is 10.8. The second-order valence-electron chi connectivity index (χ2n) is 5.73. The molecule has 0 spiro atoms. The summed E-state index contributed by atoms with van der Waals surface area (Å²) in [5.41, 5.74) is 4.93. The van der Waals surface area contributed by atoms with Gasteiger partial charge in [0.1, 0.15) is 17.2 Å². The number of methoxy groups -OCH3 is 1. The number of aromatic amines is 1. The van der Waals surface area contributed by atoms with Crippen LogP contribution in [0.2, 0.25) is 0 Å². The minimum absolute atomic E-state index is 0.654. The zero-order valence-electron chi connectivity index (χ0n) is 13.9. The van der Waals surface area contributed by atoms with Crippen LogP contribution in [-0.2, 0) is 5.75 Å². The molecule has 6 heteroatoms. The van der Waals surface area contributed by atoms with Crippen molar-refractivity contribution in [1.82, 2.24) is 15.1 Å². The monoisotopic (exact) mass is 351 g/mol. The summed E-state index contributed by atoms with van der Waals surface area (Å²) in [5.74, 6) is 2.23. The number of H-pyrrole nitrogens is 1. The van der Waals surface area contributed by atoms with Crippen LogP contribution in [0.15, 0.2) is 58.2 Å². The van der Waals surface area contributed by atoms with Crippen molar-refractivity contribution in [1.29, 1.82) is 0 Å². The maximum atomic E-state index is 5.47. The summed E-state index contributed by atoms with van der Waals surface area (Å²) in [6.45, 7) is 2.07. The molecule has 0 amide bonds. The Morgan fingerprint density at radius 1 is 1.16 bits per heavy atom. The fraction of sp³-hybridized carbons (Fsp3) is 0.158. The van der Waals surface area contributed by atoms with Gasteiger partial charge in [0, 0.05) is 11.6 Å². The second-order valence-corrected chi connectivity index (χ2v) is 6.69. The average Bonchev–Trinajstić information content (AvgIpc) is 3.26. The van der Waals surface area contributed by atoms with Gasteiger partial charge in [-0.3, -0.25) is 0 Å². The molecule has 0 atom stereocenters. The predicted molar refractivity (Wildman–Crippen MR) is 98.9 cm³/mol. The molecule has 0 radical (unpaired) electrons. The Morgan fingerprint density at radius 3 is 2.92 bits per heavy atom. The largest absolute Gasteiger partial charge is 0.496 e. The SMILES string of the molecule is COc1ccccc1-c1cc(CSc2nc3ccc(C)cc3[nH]2)on1. The molecule has 25 heavy (non-hydrogen) atoms. The normalized spacial score (nSPS) is 11.1. The van der Waals surface area contributed by atoms with E-state index >= 15 is 0 Å². The Balaban J connectivity index is 1.51. The number of imidazole rings is 1. The summed E-state index contributed by atoms with van der Waals surface area (Å²) in [6, 6.07) is 15.9. The zero-order valence-corrected chi connectivity index (χ0v) is 14.8. The van der Waals surface area contributed by atoms with Crippen molar-refractivity contribution in [3.05, 3.63) is 59.9 Å². The minimum atomic E-state index is 0.654. The van der Waals surface area contributed by atoms with Crippen LogP contribution in [0.1, 0.15) is 11.3 Å². The van der Waals surface area contributed by atoms with Crippen molar-refractivity contribution < 1.29 is 9.26 Å². The first-order chi connectivity index (χ1) is 12.2. The van der Waals surface area contributed by atoms with Crippen molar-refractivity contribution in [3.8, 4) is 17.0 Å². The van der Waals surface area contributed by atoms with E-state index in [0.29, 0.717) is 5.75 Å². The van der Waals surface area contributed by atoms with E-state index in [9.17, 15) is 0 Å². The molecule has 1 N–H and O–H groups in total. The van der Waals surface area contributed by atoms with Crippen LogP contribution >= 0.6 is 11.8 Å². The predicted octanol–water partition coefficient (Wildman–Crippen LogP) is 4.83. The molecule has 2 aromatic heterocycles. The molecule has 0 saturated heterocycles. The Hall–Kier alpha value is -2.73. The van der Waals surface area contributed by atoms with Crippen LogP contribution in [0.25, 0.3) is 22.3 Å². The van der Waals surface area contributed by atoms with E-state index in [1.165, 1.54) is 5.56 Å². The van der Waals surface area contributed by atoms with Crippen LogP contribution in [-0.4, -0.2) is 22.2 Å². The summed E-state index contributed by atoms with van der Waals surface area (Å²) in [4.78, 5) is 7.92. The molecule has 0 aliphatic heterocycles. The standard InChI is InChI=1S/C19H17N3O2S/c1-12-7-8-15-17(9-12)21-19(20-15)25-11-13-10-16(22-24-13)14-5-3-4-6-18(14)23-2/h3-10H,11H2,1-2H3,(H,20,21). The summed E-state index contributed by atoms with van der Waals surface area (Å²) in [5, 5.41) is 5.03. The van der Waals surface area contributed by atoms with Crippen LogP contribution in [0.4, 0.5) is 0 Å². The number of aromatic nitrogens is 3. The molecule has 0 bridgehead atoms. The highest BCUT2D eigenvalue weighted by atomic mass is 32.2. The van der Waals surface area contributed by atoms with E-state index < -0.39 is 0 Å². The van der Waals surface area contributed by atoms with Gasteiger partial charge in [-0.2, -0.15) is 0 Å². The lowest BCUT2D eigenvalue weighted by Crippen LogP contribution is -1.86. The summed E-state index contributed by atoms with van der Waals surface area (Å²) >= 11 is 1.59. The smallest absolute Gasteiger partial charge is 0.166 e. The molecule has 0 saturated carbocycles. The fourth-order valence-corrected chi connectivity index (χ4v) is 3.43. The molecular weight excluding hydrogens is 334 g/mol. The van der Waals surface area contributed by atoms with E-state index in [2.05, 4.69) is 34.2 Å². The van der Waals surface area contributed by atoms with Gasteiger partial charge in [-0.15, -0.1) is 0 Å². The number of para-hydroxylation sites is 1. The minimum Gasteiger partial charge on any atom is -0.496 e. The van der Waals surface area contributed by atoms with Crippen LogP contribution < -0.4 is 4.74 Å². The van der Waals surface area contributed by atoms with Crippen molar-refractivity contribution >= 4 is 22.8 Å². The number of nitrogens with one attached hydrogen (secondary N) is 1. The van der Waals surface area contributed by atoms with Gasteiger partial charge in [-0.1, -0.05) is 35.1 Å². The molecule has 2 aromatic carbocycles. The van der Waals surface area contributed by atoms with E-state index in [0.717, 1.165) is 39.0 Å². The first kappa shape index (κ1) is 15.8. The maximum absolute atomic E-state index is 5.47. The molecule has 4 aromatic rings. The highest BCUT2D eigenvalue weighted by molar-refractivity contribution is 7.98. The number of fused-ring (bicyclic) bond motifs is 1. The van der Waals surface area contributed by atoms with E-state index in [4.69, 9.17) is 9.26 Å². The maximum Gasteiger partial charge on any atom is 0.166 e. The Kier molecular flexibility index (Phi) is 4.19.